The summed E-state index contributed by atoms with van der Waals surface area (Å²) in [5.74, 6) is 0.752. The molecule has 0 saturated carbocycles. The molecule has 2 rings (SSSR count). The average Bonchev–Trinajstić information content (AvgIpc) is 2.20. The summed E-state index contributed by atoms with van der Waals surface area (Å²) < 4.78 is 5.88. The molecule has 1 heterocycles. The molecule has 82 valence electrons. The Hall–Kier alpha value is -0.730. The Balaban J connectivity index is 2.41. The van der Waals surface area contributed by atoms with Crippen molar-refractivity contribution in [3.63, 3.8) is 0 Å². The maximum Gasteiger partial charge on any atom is 0.126 e. The number of aliphatic hydroxyl groups excluding tert-OH is 1. The van der Waals surface area contributed by atoms with Crippen molar-refractivity contribution < 1.29 is 9.84 Å². The van der Waals surface area contributed by atoms with E-state index in [2.05, 4.69) is 6.92 Å². The molecule has 1 aliphatic rings. The van der Waals surface area contributed by atoms with Crippen LogP contribution in [0.25, 0.3) is 0 Å². The lowest BCUT2D eigenvalue weighted by molar-refractivity contribution is -0.00375. The van der Waals surface area contributed by atoms with E-state index in [4.69, 9.17) is 16.3 Å². The maximum absolute atomic E-state index is 10.0. The molecule has 1 N–H and O–H groups in total. The van der Waals surface area contributed by atoms with Gasteiger partial charge >= 0.3 is 0 Å². The first-order chi connectivity index (χ1) is 7.04. The van der Waals surface area contributed by atoms with Crippen molar-refractivity contribution in [3.05, 3.63) is 28.8 Å². The maximum atomic E-state index is 10.0. The highest BCUT2D eigenvalue weighted by Gasteiger charge is 2.35. The lowest BCUT2D eigenvalue weighted by Gasteiger charge is -2.37. The fourth-order valence-corrected chi connectivity index (χ4v) is 2.10. The number of hydrogen-bond donors (Lipinski definition) is 1. The quantitative estimate of drug-likeness (QED) is 0.796. The van der Waals surface area contributed by atoms with Crippen LogP contribution in [-0.4, -0.2) is 10.7 Å². The zero-order valence-corrected chi connectivity index (χ0v) is 9.71. The van der Waals surface area contributed by atoms with E-state index < -0.39 is 6.10 Å². The summed E-state index contributed by atoms with van der Waals surface area (Å²) in [5, 5.41) is 10.6. The van der Waals surface area contributed by atoms with E-state index in [0.717, 1.165) is 17.7 Å². The van der Waals surface area contributed by atoms with Crippen LogP contribution in [-0.2, 0) is 0 Å². The van der Waals surface area contributed by atoms with Gasteiger partial charge in [-0.2, -0.15) is 0 Å². The van der Waals surface area contributed by atoms with E-state index >= 15 is 0 Å². The van der Waals surface area contributed by atoms with E-state index in [1.807, 2.05) is 13.0 Å². The van der Waals surface area contributed by atoms with Crippen molar-refractivity contribution in [2.45, 2.75) is 38.4 Å². The van der Waals surface area contributed by atoms with E-state index in [-0.39, 0.29) is 5.60 Å². The molecular formula is C12H15ClO2. The van der Waals surface area contributed by atoms with E-state index in [1.165, 1.54) is 0 Å². The lowest BCUT2D eigenvalue weighted by Crippen LogP contribution is -2.37. The van der Waals surface area contributed by atoms with Crippen LogP contribution in [0.5, 0.6) is 5.75 Å². The van der Waals surface area contributed by atoms with Gasteiger partial charge in [-0.05, 0) is 31.5 Å². The third-order valence-corrected chi connectivity index (χ3v) is 3.30. The molecule has 2 nitrogen and oxygen atoms in total. The summed E-state index contributed by atoms with van der Waals surface area (Å²) in [4.78, 5) is 0. The van der Waals surface area contributed by atoms with Crippen molar-refractivity contribution in [1.29, 1.82) is 0 Å². The van der Waals surface area contributed by atoms with Gasteiger partial charge in [-0.25, -0.2) is 0 Å². The molecule has 0 fully saturated rings. The van der Waals surface area contributed by atoms with Gasteiger partial charge in [0.15, 0.2) is 0 Å². The minimum absolute atomic E-state index is 0.264. The minimum atomic E-state index is -0.475. The van der Waals surface area contributed by atoms with Crippen LogP contribution in [0.1, 0.15) is 38.4 Å². The molecule has 15 heavy (non-hydrogen) atoms. The van der Waals surface area contributed by atoms with Gasteiger partial charge in [0.1, 0.15) is 11.4 Å². The molecule has 1 aromatic carbocycles. The summed E-state index contributed by atoms with van der Waals surface area (Å²) in [7, 11) is 0. The summed E-state index contributed by atoms with van der Waals surface area (Å²) in [5.41, 5.74) is 0.536. The van der Waals surface area contributed by atoms with Gasteiger partial charge in [0.05, 0.1) is 6.10 Å². The van der Waals surface area contributed by atoms with E-state index in [1.54, 1.807) is 12.1 Å². The van der Waals surface area contributed by atoms with E-state index in [0.29, 0.717) is 11.4 Å². The molecule has 2 unspecified atom stereocenters. The molecule has 0 spiro atoms. The Morgan fingerprint density at radius 3 is 3.00 bits per heavy atom. The molecular weight excluding hydrogens is 212 g/mol. The molecule has 0 amide bonds. The number of benzene rings is 1. The third-order valence-electron chi connectivity index (χ3n) is 3.06. The van der Waals surface area contributed by atoms with Crippen molar-refractivity contribution >= 4 is 11.6 Å². The largest absolute Gasteiger partial charge is 0.487 e. The Morgan fingerprint density at radius 1 is 1.60 bits per heavy atom. The molecule has 1 aromatic rings. The van der Waals surface area contributed by atoms with Gasteiger partial charge in [-0.3, -0.25) is 0 Å². The van der Waals surface area contributed by atoms with Crippen LogP contribution in [0.3, 0.4) is 0 Å². The van der Waals surface area contributed by atoms with Crippen molar-refractivity contribution in [2.24, 2.45) is 0 Å². The molecule has 1 aliphatic heterocycles. The average molecular weight is 227 g/mol. The highest BCUT2D eigenvalue weighted by molar-refractivity contribution is 6.30. The van der Waals surface area contributed by atoms with Crippen LogP contribution < -0.4 is 4.74 Å². The fraction of sp³-hybridized carbons (Fsp3) is 0.500. The third kappa shape index (κ3) is 1.97. The summed E-state index contributed by atoms with van der Waals surface area (Å²) in [6.07, 6.45) is 1.03. The molecule has 0 bridgehead atoms. The second-order valence-corrected chi connectivity index (χ2v) is 4.74. The number of hydrogen-bond acceptors (Lipinski definition) is 2. The van der Waals surface area contributed by atoms with Crippen molar-refractivity contribution in [1.82, 2.24) is 0 Å². The highest BCUT2D eigenvalue weighted by Crippen LogP contribution is 2.41. The lowest BCUT2D eigenvalue weighted by atomic mass is 9.88. The number of ether oxygens (including phenoxy) is 1. The number of rotatable bonds is 1. The summed E-state index contributed by atoms with van der Waals surface area (Å²) in [6, 6.07) is 5.39. The number of fused-ring (bicyclic) bond motifs is 1. The first-order valence-corrected chi connectivity index (χ1v) is 5.58. The molecule has 2 atom stereocenters. The van der Waals surface area contributed by atoms with Crippen LogP contribution in [0, 0.1) is 0 Å². The Kier molecular flexibility index (Phi) is 2.65. The summed E-state index contributed by atoms with van der Waals surface area (Å²) in [6.45, 7) is 4.08. The smallest absolute Gasteiger partial charge is 0.126 e. The minimum Gasteiger partial charge on any atom is -0.487 e. The molecule has 0 radical (unpaired) electrons. The first-order valence-electron chi connectivity index (χ1n) is 5.20. The summed E-state index contributed by atoms with van der Waals surface area (Å²) >= 11 is 5.88. The van der Waals surface area contributed by atoms with Gasteiger partial charge < -0.3 is 9.84 Å². The SMILES string of the molecule is CCC1(C)CC(O)c2cc(Cl)ccc2O1. The van der Waals surface area contributed by atoms with Crippen molar-refractivity contribution in [3.8, 4) is 5.75 Å². The van der Waals surface area contributed by atoms with Gasteiger partial charge in [0.2, 0.25) is 0 Å². The predicted molar refractivity (Wildman–Crippen MR) is 60.4 cm³/mol. The first kappa shape index (κ1) is 10.8. The molecule has 0 aromatic heterocycles. The zero-order chi connectivity index (χ0) is 11.1. The zero-order valence-electron chi connectivity index (χ0n) is 8.96. The molecule has 3 heteroatoms. The fourth-order valence-electron chi connectivity index (χ4n) is 1.92. The molecule has 0 aliphatic carbocycles. The van der Waals surface area contributed by atoms with Crippen LogP contribution in [0.4, 0.5) is 0 Å². The predicted octanol–water partition coefficient (Wildman–Crippen LogP) is 3.32. The standard InChI is InChI=1S/C12H15ClO2/c1-3-12(2)7-10(14)9-6-8(13)4-5-11(9)15-12/h4-6,10,14H,3,7H2,1-2H3. The Bertz CT molecular complexity index is 378. The second kappa shape index (κ2) is 3.69. The normalized spacial score (nSPS) is 29.5. The van der Waals surface area contributed by atoms with Gasteiger partial charge in [0.25, 0.3) is 0 Å². The monoisotopic (exact) mass is 226 g/mol. The van der Waals surface area contributed by atoms with Gasteiger partial charge in [-0.15, -0.1) is 0 Å². The number of aliphatic hydroxyl groups is 1. The van der Waals surface area contributed by atoms with E-state index in [9.17, 15) is 5.11 Å². The Labute approximate surface area is 94.8 Å². The van der Waals surface area contributed by atoms with Crippen LogP contribution in [0.2, 0.25) is 5.02 Å². The molecule has 0 saturated heterocycles. The van der Waals surface area contributed by atoms with Gasteiger partial charge in [-0.1, -0.05) is 18.5 Å². The van der Waals surface area contributed by atoms with Gasteiger partial charge in [0, 0.05) is 17.0 Å². The number of halogens is 1. The Morgan fingerprint density at radius 2 is 2.33 bits per heavy atom. The highest BCUT2D eigenvalue weighted by atomic mass is 35.5. The van der Waals surface area contributed by atoms with Crippen LogP contribution >= 0.6 is 11.6 Å². The van der Waals surface area contributed by atoms with Crippen molar-refractivity contribution in [2.75, 3.05) is 0 Å². The second-order valence-electron chi connectivity index (χ2n) is 4.31. The topological polar surface area (TPSA) is 29.5 Å². The van der Waals surface area contributed by atoms with Crippen LogP contribution in [0.15, 0.2) is 18.2 Å².